The van der Waals surface area contributed by atoms with Crippen LogP contribution in [0.3, 0.4) is 0 Å². The number of nitro groups is 1. The molecule has 2 aromatic carbocycles. The minimum Gasteiger partial charge on any atom is -0.396 e. The zero-order valence-corrected chi connectivity index (χ0v) is 16.8. The lowest BCUT2D eigenvalue weighted by Gasteiger charge is -2.45. The van der Waals surface area contributed by atoms with Crippen LogP contribution in [0.4, 0.5) is 0 Å². The summed E-state index contributed by atoms with van der Waals surface area (Å²) in [7, 11) is 0. The minimum absolute atomic E-state index is 0.0845. The van der Waals surface area contributed by atoms with Gasteiger partial charge in [0.05, 0.1) is 11.5 Å². The predicted octanol–water partition coefficient (Wildman–Crippen LogP) is 2.84. The van der Waals surface area contributed by atoms with E-state index in [1.165, 1.54) is 12.2 Å². The fraction of sp³-hybridized carbons (Fsp3) is 0.304. The molecule has 0 saturated carbocycles. The van der Waals surface area contributed by atoms with E-state index in [0.29, 0.717) is 19.5 Å². The molecule has 3 N–H and O–H groups in total. The van der Waals surface area contributed by atoms with Gasteiger partial charge in [-0.15, -0.1) is 0 Å². The van der Waals surface area contributed by atoms with Crippen molar-refractivity contribution in [1.29, 1.82) is 0 Å². The second kappa shape index (κ2) is 9.77. The Hall–Kier alpha value is -2.84. The number of hydrogen-bond donors (Lipinski definition) is 2. The fourth-order valence-electron chi connectivity index (χ4n) is 3.68. The van der Waals surface area contributed by atoms with Gasteiger partial charge in [-0.3, -0.25) is 15.8 Å². The molecule has 0 radical (unpaired) electrons. The van der Waals surface area contributed by atoms with Crippen LogP contribution in [0.5, 0.6) is 0 Å². The van der Waals surface area contributed by atoms with Gasteiger partial charge in [0.1, 0.15) is 0 Å². The van der Waals surface area contributed by atoms with Crippen LogP contribution in [0.25, 0.3) is 0 Å². The number of nitrogens with two attached hydrogens (primary N) is 1. The molecule has 7 heteroatoms. The van der Waals surface area contributed by atoms with Gasteiger partial charge in [0.2, 0.25) is 5.72 Å². The molecule has 7 nitrogen and oxygen atoms in total. The minimum atomic E-state index is -1.83. The molecule has 2 atom stereocenters. The number of aliphatic hydroxyl groups excluding tert-OH is 1. The monoisotopic (exact) mass is 409 g/mol. The molecular weight excluding hydrogens is 382 g/mol. The van der Waals surface area contributed by atoms with Crippen LogP contribution in [-0.2, 0) is 17.8 Å². The van der Waals surface area contributed by atoms with E-state index in [4.69, 9.17) is 15.6 Å². The Morgan fingerprint density at radius 3 is 2.00 bits per heavy atom. The van der Waals surface area contributed by atoms with Gasteiger partial charge in [-0.25, -0.2) is 4.90 Å². The van der Waals surface area contributed by atoms with Crippen molar-refractivity contribution in [3.63, 3.8) is 0 Å². The summed E-state index contributed by atoms with van der Waals surface area (Å²) in [5.74, 6) is 0. The highest BCUT2D eigenvalue weighted by Crippen LogP contribution is 2.37. The summed E-state index contributed by atoms with van der Waals surface area (Å²) >= 11 is 0. The van der Waals surface area contributed by atoms with Crippen molar-refractivity contribution in [1.82, 2.24) is 4.90 Å². The maximum Gasteiger partial charge on any atom is 0.342 e. The van der Waals surface area contributed by atoms with Gasteiger partial charge in [0, 0.05) is 25.8 Å². The molecular formula is C23H27N3O4. The topological polar surface area (TPSA) is 102 Å². The van der Waals surface area contributed by atoms with E-state index in [-0.39, 0.29) is 18.1 Å². The largest absolute Gasteiger partial charge is 0.396 e. The summed E-state index contributed by atoms with van der Waals surface area (Å²) in [6, 6.07) is 19.1. The van der Waals surface area contributed by atoms with Gasteiger partial charge in [-0.2, -0.15) is 0 Å². The van der Waals surface area contributed by atoms with Crippen molar-refractivity contribution in [3.05, 3.63) is 106 Å². The zero-order chi connectivity index (χ0) is 21.5. The Labute approximate surface area is 176 Å². The second-order valence-electron chi connectivity index (χ2n) is 7.25. The summed E-state index contributed by atoms with van der Waals surface area (Å²) in [5.41, 5.74) is 4.88. The Morgan fingerprint density at radius 2 is 1.50 bits per heavy atom. The normalized spacial score (nSPS) is 23.0. The Balaban J connectivity index is 2.06. The first kappa shape index (κ1) is 21.9. The zero-order valence-electron chi connectivity index (χ0n) is 16.8. The summed E-state index contributed by atoms with van der Waals surface area (Å²) in [6.07, 6.45) is 6.64. The van der Waals surface area contributed by atoms with Crippen LogP contribution in [0, 0.1) is 10.1 Å². The van der Waals surface area contributed by atoms with Crippen molar-refractivity contribution >= 4 is 0 Å². The Morgan fingerprint density at radius 1 is 0.967 bits per heavy atom. The maximum atomic E-state index is 12.6. The Kier molecular flexibility index (Phi) is 7.12. The molecule has 0 saturated heterocycles. The van der Waals surface area contributed by atoms with Crippen LogP contribution in [0.1, 0.15) is 17.5 Å². The molecule has 30 heavy (non-hydrogen) atoms. The molecule has 3 rings (SSSR count). The van der Waals surface area contributed by atoms with Crippen molar-refractivity contribution in [2.24, 2.45) is 5.73 Å². The number of nitrogens with zero attached hydrogens (tertiary/aromatic N) is 2. The number of aliphatic hydroxyl groups is 1. The third kappa shape index (κ3) is 4.49. The molecule has 0 fully saturated rings. The Bertz CT molecular complexity index is 846. The standard InChI is InChI=1S/C23H27N3O4/c24-22(30-17-9-16-27)14-7-8-15-23(22,26(28)29)25(18-20-10-3-1-4-11-20)19-21-12-5-2-6-13-21/h1-8,10-15,27H,9,16-19,24H2. The molecule has 0 spiro atoms. The quantitative estimate of drug-likeness (QED) is 0.271. The molecule has 0 heterocycles. The van der Waals surface area contributed by atoms with Crippen molar-refractivity contribution in [3.8, 4) is 0 Å². The van der Waals surface area contributed by atoms with Crippen LogP contribution in [0.2, 0.25) is 0 Å². The van der Waals surface area contributed by atoms with Gasteiger partial charge in [-0.05, 0) is 23.6 Å². The molecule has 0 aliphatic heterocycles. The molecule has 0 aromatic heterocycles. The van der Waals surface area contributed by atoms with E-state index in [9.17, 15) is 10.1 Å². The molecule has 0 bridgehead atoms. The van der Waals surface area contributed by atoms with E-state index >= 15 is 0 Å². The first-order valence-electron chi connectivity index (χ1n) is 9.90. The first-order chi connectivity index (χ1) is 14.5. The fourth-order valence-corrected chi connectivity index (χ4v) is 3.68. The van der Waals surface area contributed by atoms with Crippen LogP contribution in [-0.4, -0.2) is 39.5 Å². The molecule has 2 aromatic rings. The molecule has 1 aliphatic carbocycles. The summed E-state index contributed by atoms with van der Waals surface area (Å²) in [4.78, 5) is 14.0. The van der Waals surface area contributed by atoms with E-state index < -0.39 is 11.4 Å². The number of rotatable bonds is 10. The van der Waals surface area contributed by atoms with Crippen molar-refractivity contribution in [2.45, 2.75) is 30.9 Å². The van der Waals surface area contributed by atoms with Gasteiger partial charge >= 0.3 is 5.66 Å². The van der Waals surface area contributed by atoms with Crippen LogP contribution < -0.4 is 5.73 Å². The van der Waals surface area contributed by atoms with Crippen LogP contribution >= 0.6 is 0 Å². The summed E-state index contributed by atoms with van der Waals surface area (Å²) in [5, 5.41) is 21.7. The molecule has 1 aliphatic rings. The SMILES string of the molecule is NC1(OCCCO)C=CC=CC1(N(Cc1ccccc1)Cc1ccccc1)[N+](=O)[O-]. The third-order valence-electron chi connectivity index (χ3n) is 5.19. The van der Waals surface area contributed by atoms with Gasteiger partial charge in [-0.1, -0.05) is 72.8 Å². The van der Waals surface area contributed by atoms with Crippen LogP contribution in [0.15, 0.2) is 85.0 Å². The van der Waals surface area contributed by atoms with Gasteiger partial charge < -0.3 is 9.84 Å². The van der Waals surface area contributed by atoms with Gasteiger partial charge in [0.15, 0.2) is 0 Å². The number of benzene rings is 2. The molecule has 2 unspecified atom stereocenters. The van der Waals surface area contributed by atoms with Crippen molar-refractivity contribution in [2.75, 3.05) is 13.2 Å². The number of hydrogen-bond acceptors (Lipinski definition) is 6. The summed E-state index contributed by atoms with van der Waals surface area (Å²) < 4.78 is 5.84. The summed E-state index contributed by atoms with van der Waals surface area (Å²) in [6.45, 7) is 0.624. The van der Waals surface area contributed by atoms with E-state index in [1.54, 1.807) is 17.1 Å². The van der Waals surface area contributed by atoms with E-state index in [2.05, 4.69) is 0 Å². The maximum absolute atomic E-state index is 12.6. The number of allylic oxidation sites excluding steroid dienone is 2. The number of ether oxygens (including phenoxy) is 1. The highest BCUT2D eigenvalue weighted by atomic mass is 16.6. The highest BCUT2D eigenvalue weighted by Gasteiger charge is 2.63. The first-order valence-corrected chi connectivity index (χ1v) is 9.90. The molecule has 158 valence electrons. The average Bonchev–Trinajstić information content (AvgIpc) is 2.75. The molecule has 0 amide bonds. The third-order valence-corrected chi connectivity index (χ3v) is 5.19. The lowest BCUT2D eigenvalue weighted by atomic mass is 9.88. The van der Waals surface area contributed by atoms with Crippen molar-refractivity contribution < 1.29 is 14.8 Å². The highest BCUT2D eigenvalue weighted by molar-refractivity contribution is 5.29. The lowest BCUT2D eigenvalue weighted by molar-refractivity contribution is -0.611. The van der Waals surface area contributed by atoms with E-state index in [0.717, 1.165) is 11.1 Å². The predicted molar refractivity (Wildman–Crippen MR) is 115 cm³/mol. The van der Waals surface area contributed by atoms with E-state index in [1.807, 2.05) is 60.7 Å². The smallest absolute Gasteiger partial charge is 0.342 e. The second-order valence-corrected chi connectivity index (χ2v) is 7.25. The van der Waals surface area contributed by atoms with Gasteiger partial charge in [0.25, 0.3) is 0 Å². The lowest BCUT2D eigenvalue weighted by Crippen LogP contribution is -2.72. The average molecular weight is 409 g/mol.